The minimum atomic E-state index is 0.395. The Hall–Kier alpha value is -3.25. The van der Waals surface area contributed by atoms with Crippen molar-refractivity contribution in [3.05, 3.63) is 67.0 Å². The van der Waals surface area contributed by atoms with Crippen LogP contribution in [0.2, 0.25) is 0 Å². The Morgan fingerprint density at radius 1 is 0.833 bits per heavy atom. The third-order valence-corrected chi connectivity index (χ3v) is 3.64. The van der Waals surface area contributed by atoms with Crippen molar-refractivity contribution >= 4 is 0 Å². The summed E-state index contributed by atoms with van der Waals surface area (Å²) in [4.78, 5) is 12.6. The third-order valence-electron chi connectivity index (χ3n) is 3.64. The molecule has 6 heteroatoms. The molecule has 118 valence electrons. The highest BCUT2D eigenvalue weighted by molar-refractivity contribution is 5.67. The van der Waals surface area contributed by atoms with Crippen molar-refractivity contribution in [1.29, 1.82) is 0 Å². The Bertz CT molecular complexity index is 926. The van der Waals surface area contributed by atoms with E-state index in [1.165, 1.54) is 6.26 Å². The Labute approximate surface area is 138 Å². The average molecular weight is 318 g/mol. The van der Waals surface area contributed by atoms with Gasteiger partial charge in [-0.2, -0.15) is 0 Å². The Balaban J connectivity index is 1.58. The second-order valence-corrected chi connectivity index (χ2v) is 5.18. The normalized spacial score (nSPS) is 10.9. The van der Waals surface area contributed by atoms with Gasteiger partial charge in [-0.15, -0.1) is 0 Å². The van der Waals surface area contributed by atoms with E-state index in [1.54, 1.807) is 18.6 Å². The molecule has 24 heavy (non-hydrogen) atoms. The zero-order valence-corrected chi connectivity index (χ0v) is 12.7. The van der Waals surface area contributed by atoms with Crippen LogP contribution in [0.5, 0.6) is 0 Å². The first-order valence-electron chi connectivity index (χ1n) is 7.45. The molecule has 0 saturated heterocycles. The third kappa shape index (κ3) is 2.70. The monoisotopic (exact) mass is 318 g/mol. The fraction of sp³-hybridized carbons (Fsp3) is 0.0556. The van der Waals surface area contributed by atoms with Crippen molar-refractivity contribution in [1.82, 2.24) is 15.0 Å². The number of nitrogens with two attached hydrogens (primary N) is 1. The lowest BCUT2D eigenvalue weighted by Gasteiger charge is -2.03. The van der Waals surface area contributed by atoms with Crippen LogP contribution in [0.4, 0.5) is 0 Å². The van der Waals surface area contributed by atoms with Crippen LogP contribution in [-0.2, 0) is 6.54 Å². The largest absolute Gasteiger partial charge is 0.460 e. The molecule has 0 aliphatic carbocycles. The van der Waals surface area contributed by atoms with E-state index in [4.69, 9.17) is 14.6 Å². The summed E-state index contributed by atoms with van der Waals surface area (Å²) in [7, 11) is 0. The maximum Gasteiger partial charge on any atom is 0.264 e. The highest BCUT2D eigenvalue weighted by Crippen LogP contribution is 2.26. The number of nitrogens with zero attached hydrogens (tertiary/aromatic N) is 3. The van der Waals surface area contributed by atoms with Gasteiger partial charge in [-0.3, -0.25) is 0 Å². The van der Waals surface area contributed by atoms with Crippen molar-refractivity contribution < 1.29 is 8.83 Å². The van der Waals surface area contributed by atoms with Gasteiger partial charge in [0.2, 0.25) is 5.82 Å². The molecule has 0 spiro atoms. The molecule has 0 unspecified atom stereocenters. The minimum Gasteiger partial charge on any atom is -0.460 e. The topological polar surface area (TPSA) is 91.0 Å². The number of furan rings is 1. The van der Waals surface area contributed by atoms with Gasteiger partial charge in [-0.1, -0.05) is 24.3 Å². The zero-order chi connectivity index (χ0) is 16.4. The van der Waals surface area contributed by atoms with Gasteiger partial charge in [-0.25, -0.2) is 15.0 Å². The van der Waals surface area contributed by atoms with Gasteiger partial charge in [0.25, 0.3) is 5.89 Å². The molecule has 3 aromatic heterocycles. The van der Waals surface area contributed by atoms with Crippen molar-refractivity contribution in [2.75, 3.05) is 0 Å². The predicted octanol–water partition coefficient (Wildman–Crippen LogP) is 3.52. The number of hydrogen-bond donors (Lipinski definition) is 1. The molecule has 0 atom stereocenters. The van der Waals surface area contributed by atoms with E-state index in [0.29, 0.717) is 18.3 Å². The second-order valence-electron chi connectivity index (χ2n) is 5.18. The minimum absolute atomic E-state index is 0.395. The fourth-order valence-electron chi connectivity index (χ4n) is 2.39. The lowest BCUT2D eigenvalue weighted by Crippen LogP contribution is -1.92. The zero-order valence-electron chi connectivity index (χ0n) is 12.7. The standard InChI is InChI=1S/C18H14N4O2/c19-9-15-5-6-16(24-15)13-3-1-12(2-4-13)14-10-21-17(22-11-14)18-20-7-8-23-18/h1-8,10-11H,9,19H2. The van der Waals surface area contributed by atoms with Crippen molar-refractivity contribution in [2.24, 2.45) is 5.73 Å². The van der Waals surface area contributed by atoms with Gasteiger partial charge in [-0.05, 0) is 17.7 Å². The van der Waals surface area contributed by atoms with Crippen molar-refractivity contribution in [3.63, 3.8) is 0 Å². The van der Waals surface area contributed by atoms with E-state index in [-0.39, 0.29) is 0 Å². The van der Waals surface area contributed by atoms with Crippen LogP contribution in [0.3, 0.4) is 0 Å². The smallest absolute Gasteiger partial charge is 0.264 e. The summed E-state index contributed by atoms with van der Waals surface area (Å²) in [6.45, 7) is 0.395. The summed E-state index contributed by atoms with van der Waals surface area (Å²) in [5, 5.41) is 0. The molecule has 0 aliphatic heterocycles. The first kappa shape index (κ1) is 14.3. The van der Waals surface area contributed by atoms with Crippen LogP contribution in [0.15, 0.2) is 70.1 Å². The summed E-state index contributed by atoms with van der Waals surface area (Å²) in [6.07, 6.45) is 6.56. The Morgan fingerprint density at radius 2 is 1.58 bits per heavy atom. The van der Waals surface area contributed by atoms with E-state index in [9.17, 15) is 0 Å². The molecule has 3 heterocycles. The highest BCUT2D eigenvalue weighted by Gasteiger charge is 2.08. The molecular formula is C18H14N4O2. The molecule has 0 aliphatic rings. The fourth-order valence-corrected chi connectivity index (χ4v) is 2.39. The molecule has 0 amide bonds. The van der Waals surface area contributed by atoms with Gasteiger partial charge in [0.1, 0.15) is 17.8 Å². The molecule has 0 bridgehead atoms. The first-order valence-corrected chi connectivity index (χ1v) is 7.45. The Kier molecular flexibility index (Phi) is 3.64. The lowest BCUT2D eigenvalue weighted by molar-refractivity contribution is 0.525. The SMILES string of the molecule is NCc1ccc(-c2ccc(-c3cnc(-c4ncco4)nc3)cc2)o1. The summed E-state index contributed by atoms with van der Waals surface area (Å²) < 4.78 is 10.8. The lowest BCUT2D eigenvalue weighted by atomic mass is 10.1. The molecule has 2 N–H and O–H groups in total. The second kappa shape index (κ2) is 6.10. The number of aromatic nitrogens is 3. The molecule has 0 saturated carbocycles. The molecule has 6 nitrogen and oxygen atoms in total. The quantitative estimate of drug-likeness (QED) is 0.619. The number of benzene rings is 1. The summed E-state index contributed by atoms with van der Waals surface area (Å²) in [6, 6.07) is 11.8. The van der Waals surface area contributed by atoms with Crippen LogP contribution in [0, 0.1) is 0 Å². The molecule has 0 radical (unpaired) electrons. The van der Waals surface area contributed by atoms with E-state index in [0.717, 1.165) is 28.2 Å². The molecule has 4 rings (SSSR count). The maximum atomic E-state index is 5.65. The molecular weight excluding hydrogens is 304 g/mol. The van der Waals surface area contributed by atoms with Crippen LogP contribution in [0.25, 0.3) is 34.2 Å². The number of rotatable bonds is 4. The van der Waals surface area contributed by atoms with Gasteiger partial charge in [0.05, 0.1) is 12.7 Å². The van der Waals surface area contributed by atoms with E-state index >= 15 is 0 Å². The molecule has 4 aromatic rings. The van der Waals surface area contributed by atoms with Crippen molar-refractivity contribution in [3.8, 4) is 34.2 Å². The van der Waals surface area contributed by atoms with E-state index < -0.39 is 0 Å². The maximum absolute atomic E-state index is 5.65. The van der Waals surface area contributed by atoms with Gasteiger partial charge >= 0.3 is 0 Å². The Morgan fingerprint density at radius 3 is 2.21 bits per heavy atom. The van der Waals surface area contributed by atoms with Gasteiger partial charge in [0.15, 0.2) is 0 Å². The first-order chi connectivity index (χ1) is 11.8. The number of hydrogen-bond acceptors (Lipinski definition) is 6. The van der Waals surface area contributed by atoms with E-state index in [1.807, 2.05) is 36.4 Å². The highest BCUT2D eigenvalue weighted by atomic mass is 16.3. The summed E-state index contributed by atoms with van der Waals surface area (Å²) in [5.41, 5.74) is 8.50. The van der Waals surface area contributed by atoms with Gasteiger partial charge < -0.3 is 14.6 Å². The predicted molar refractivity (Wildman–Crippen MR) is 88.6 cm³/mol. The van der Waals surface area contributed by atoms with Crippen LogP contribution < -0.4 is 5.73 Å². The number of oxazole rings is 1. The molecule has 1 aromatic carbocycles. The summed E-state index contributed by atoms with van der Waals surface area (Å²) in [5.74, 6) is 2.44. The van der Waals surface area contributed by atoms with Crippen LogP contribution >= 0.6 is 0 Å². The summed E-state index contributed by atoms with van der Waals surface area (Å²) >= 11 is 0. The van der Waals surface area contributed by atoms with Gasteiger partial charge in [0, 0.05) is 23.5 Å². The van der Waals surface area contributed by atoms with Crippen molar-refractivity contribution in [2.45, 2.75) is 6.54 Å². The van der Waals surface area contributed by atoms with Crippen LogP contribution in [-0.4, -0.2) is 15.0 Å². The molecule has 0 fully saturated rings. The average Bonchev–Trinajstić information content (AvgIpc) is 3.34. The van der Waals surface area contributed by atoms with Crippen LogP contribution in [0.1, 0.15) is 5.76 Å². The van der Waals surface area contributed by atoms with E-state index in [2.05, 4.69) is 15.0 Å².